The molecule has 0 radical (unpaired) electrons. The average Bonchev–Trinajstić information content (AvgIpc) is 2.79. The lowest BCUT2D eigenvalue weighted by Crippen LogP contribution is -2.42. The molecule has 33 heavy (non-hydrogen) atoms. The highest BCUT2D eigenvalue weighted by Crippen LogP contribution is 2.24. The van der Waals surface area contributed by atoms with E-state index in [9.17, 15) is 14.7 Å². The minimum absolute atomic E-state index is 0.0512. The Balaban J connectivity index is 1.57. The van der Waals surface area contributed by atoms with Gasteiger partial charge in [-0.25, -0.2) is 9.78 Å². The summed E-state index contributed by atoms with van der Waals surface area (Å²) in [6.45, 7) is 0. The van der Waals surface area contributed by atoms with Crippen LogP contribution < -0.4 is 10.6 Å². The molecule has 1 amide bonds. The molecule has 7 nitrogen and oxygen atoms in total. The number of carbonyl (C=O) groups is 2. The van der Waals surface area contributed by atoms with Crippen molar-refractivity contribution < 1.29 is 14.7 Å². The topological polar surface area (TPSA) is 104 Å². The molecule has 0 bridgehead atoms. The summed E-state index contributed by atoms with van der Waals surface area (Å²) in [5.41, 5.74) is 2.66. The van der Waals surface area contributed by atoms with Crippen molar-refractivity contribution in [2.75, 3.05) is 12.4 Å². The van der Waals surface area contributed by atoms with Crippen LogP contribution in [-0.2, 0) is 24.1 Å². The Kier molecular flexibility index (Phi) is 8.63. The number of amides is 1. The number of carbonyl (C=O) groups excluding carboxylic acids is 1. The van der Waals surface area contributed by atoms with Crippen molar-refractivity contribution in [2.45, 2.75) is 31.7 Å². The minimum Gasteiger partial charge on any atom is -0.480 e. The Bertz CT molecular complexity index is 1100. The molecule has 0 aliphatic carbocycles. The van der Waals surface area contributed by atoms with Crippen molar-refractivity contribution in [2.24, 2.45) is 0 Å². The molecular weight excluding hydrogens is 463 g/mol. The van der Waals surface area contributed by atoms with Crippen LogP contribution in [0.3, 0.4) is 0 Å². The standard InChI is InChI=1S/C24H24Cl2N4O3/c1-27-21-10-3-7-17(29-21)6-2-5-16-12-11-15(14-28-16)13-20(24(32)33)30-23(31)22-18(25)8-4-9-19(22)26/h3-4,7-12,14,20H,2,5-6,13H2,1H3,(H,27,29)(H,30,31)(H,32,33). The summed E-state index contributed by atoms with van der Waals surface area (Å²) in [5, 5.41) is 15.4. The number of carboxylic acids is 1. The van der Waals surface area contributed by atoms with Crippen molar-refractivity contribution in [3.05, 3.63) is 87.3 Å². The number of benzene rings is 1. The van der Waals surface area contributed by atoms with Crippen LogP contribution in [0.2, 0.25) is 10.0 Å². The zero-order valence-corrected chi connectivity index (χ0v) is 19.5. The molecule has 3 N–H and O–H groups in total. The van der Waals surface area contributed by atoms with Gasteiger partial charge in [0.25, 0.3) is 5.91 Å². The highest BCUT2D eigenvalue weighted by atomic mass is 35.5. The number of nitrogens with zero attached hydrogens (tertiary/aromatic N) is 2. The van der Waals surface area contributed by atoms with Gasteiger partial charge in [-0.2, -0.15) is 0 Å². The number of pyridine rings is 2. The maximum absolute atomic E-state index is 12.6. The molecule has 172 valence electrons. The van der Waals surface area contributed by atoms with E-state index in [0.717, 1.165) is 36.5 Å². The summed E-state index contributed by atoms with van der Waals surface area (Å²) >= 11 is 12.1. The van der Waals surface area contributed by atoms with Crippen molar-refractivity contribution >= 4 is 40.9 Å². The van der Waals surface area contributed by atoms with E-state index in [1.807, 2.05) is 37.4 Å². The van der Waals surface area contributed by atoms with Crippen LogP contribution in [0, 0.1) is 0 Å². The van der Waals surface area contributed by atoms with Crippen molar-refractivity contribution in [3.8, 4) is 0 Å². The van der Waals surface area contributed by atoms with Gasteiger partial charge in [-0.3, -0.25) is 9.78 Å². The van der Waals surface area contributed by atoms with Gasteiger partial charge in [-0.1, -0.05) is 41.4 Å². The third-order valence-electron chi connectivity index (χ3n) is 5.05. The Morgan fingerprint density at radius 3 is 2.33 bits per heavy atom. The second-order valence-electron chi connectivity index (χ2n) is 7.44. The number of hydrogen-bond donors (Lipinski definition) is 3. The van der Waals surface area contributed by atoms with Crippen molar-refractivity contribution in [1.82, 2.24) is 15.3 Å². The van der Waals surface area contributed by atoms with E-state index in [-0.39, 0.29) is 22.0 Å². The van der Waals surface area contributed by atoms with E-state index in [4.69, 9.17) is 23.2 Å². The van der Waals surface area contributed by atoms with E-state index < -0.39 is 17.9 Å². The molecule has 0 fully saturated rings. The van der Waals surface area contributed by atoms with Crippen LogP contribution in [-0.4, -0.2) is 40.0 Å². The van der Waals surface area contributed by atoms with Gasteiger partial charge < -0.3 is 15.7 Å². The summed E-state index contributed by atoms with van der Waals surface area (Å²) in [7, 11) is 1.84. The number of anilines is 1. The molecule has 0 spiro atoms. The van der Waals surface area contributed by atoms with Gasteiger partial charge in [0.15, 0.2) is 0 Å². The largest absolute Gasteiger partial charge is 0.480 e. The third-order valence-corrected chi connectivity index (χ3v) is 5.68. The summed E-state index contributed by atoms with van der Waals surface area (Å²) in [6.07, 6.45) is 4.21. The summed E-state index contributed by atoms with van der Waals surface area (Å²) in [4.78, 5) is 33.2. The molecule has 0 aliphatic heterocycles. The van der Waals surface area contributed by atoms with Crippen LogP contribution in [0.1, 0.15) is 33.7 Å². The molecule has 1 unspecified atom stereocenters. The van der Waals surface area contributed by atoms with E-state index in [1.165, 1.54) is 12.1 Å². The fraction of sp³-hybridized carbons (Fsp3) is 0.250. The van der Waals surface area contributed by atoms with Crippen LogP contribution in [0.5, 0.6) is 0 Å². The van der Waals surface area contributed by atoms with Crippen molar-refractivity contribution in [1.29, 1.82) is 0 Å². The molecule has 1 atom stereocenters. The number of aryl methyl sites for hydroxylation is 2. The van der Waals surface area contributed by atoms with Crippen LogP contribution in [0.25, 0.3) is 0 Å². The van der Waals surface area contributed by atoms with E-state index >= 15 is 0 Å². The van der Waals surface area contributed by atoms with Crippen molar-refractivity contribution in [3.63, 3.8) is 0 Å². The second-order valence-corrected chi connectivity index (χ2v) is 8.25. The summed E-state index contributed by atoms with van der Waals surface area (Å²) in [5.74, 6) is -0.961. The molecule has 3 rings (SSSR count). The fourth-order valence-corrected chi connectivity index (χ4v) is 3.88. The Hall–Kier alpha value is -3.16. The predicted octanol–water partition coefficient (Wildman–Crippen LogP) is 4.43. The number of aliphatic carboxylic acids is 1. The quantitative estimate of drug-likeness (QED) is 0.391. The lowest BCUT2D eigenvalue weighted by molar-refractivity contribution is -0.139. The van der Waals surface area contributed by atoms with Gasteiger partial charge in [-0.15, -0.1) is 0 Å². The number of aromatic nitrogens is 2. The zero-order chi connectivity index (χ0) is 23.8. The van der Waals surface area contributed by atoms with E-state index in [0.29, 0.717) is 5.56 Å². The first-order valence-electron chi connectivity index (χ1n) is 10.4. The van der Waals surface area contributed by atoms with Crippen LogP contribution >= 0.6 is 23.2 Å². The molecule has 3 aromatic rings. The molecule has 0 saturated carbocycles. The van der Waals surface area contributed by atoms with Gasteiger partial charge in [0.05, 0.1) is 15.6 Å². The first kappa shape index (κ1) is 24.5. The number of halogens is 2. The summed E-state index contributed by atoms with van der Waals surface area (Å²) < 4.78 is 0. The molecule has 2 aromatic heterocycles. The predicted molar refractivity (Wildman–Crippen MR) is 129 cm³/mol. The Labute approximate surface area is 202 Å². The highest BCUT2D eigenvalue weighted by molar-refractivity contribution is 6.39. The Morgan fingerprint density at radius 1 is 1.00 bits per heavy atom. The molecule has 1 aromatic carbocycles. The van der Waals surface area contributed by atoms with Crippen LogP contribution in [0.4, 0.5) is 5.82 Å². The molecule has 2 heterocycles. The Morgan fingerprint density at radius 2 is 1.70 bits per heavy atom. The number of hydrogen-bond acceptors (Lipinski definition) is 5. The normalized spacial score (nSPS) is 11.6. The van der Waals surface area contributed by atoms with Gasteiger partial charge in [0, 0.05) is 31.1 Å². The monoisotopic (exact) mass is 486 g/mol. The van der Waals surface area contributed by atoms with Gasteiger partial charge in [0.2, 0.25) is 0 Å². The van der Waals surface area contributed by atoms with Gasteiger partial charge >= 0.3 is 5.97 Å². The average molecular weight is 487 g/mol. The zero-order valence-electron chi connectivity index (χ0n) is 18.0. The SMILES string of the molecule is CNc1cccc(CCCc2ccc(CC(NC(=O)c3c(Cl)cccc3Cl)C(=O)O)cn2)n1. The smallest absolute Gasteiger partial charge is 0.326 e. The number of nitrogens with one attached hydrogen (secondary N) is 2. The first-order chi connectivity index (χ1) is 15.9. The third kappa shape index (κ3) is 6.91. The van der Waals surface area contributed by atoms with E-state index in [2.05, 4.69) is 20.6 Å². The van der Waals surface area contributed by atoms with Gasteiger partial charge in [-0.05, 0) is 55.2 Å². The molecule has 0 aliphatic rings. The second kappa shape index (κ2) is 11.6. The highest BCUT2D eigenvalue weighted by Gasteiger charge is 2.24. The van der Waals surface area contributed by atoms with E-state index in [1.54, 1.807) is 12.3 Å². The lowest BCUT2D eigenvalue weighted by atomic mass is 10.1. The molecule has 9 heteroatoms. The maximum Gasteiger partial charge on any atom is 0.326 e. The minimum atomic E-state index is -1.16. The van der Waals surface area contributed by atoms with Gasteiger partial charge in [0.1, 0.15) is 11.9 Å². The summed E-state index contributed by atoms with van der Waals surface area (Å²) in [6, 6.07) is 13.1. The maximum atomic E-state index is 12.6. The lowest BCUT2D eigenvalue weighted by Gasteiger charge is -2.16. The molecule has 0 saturated heterocycles. The number of rotatable bonds is 10. The fourth-order valence-electron chi connectivity index (χ4n) is 3.31. The van der Waals surface area contributed by atoms with Crippen LogP contribution in [0.15, 0.2) is 54.7 Å². The number of carboxylic acid groups (broad SMARTS) is 1. The first-order valence-corrected chi connectivity index (χ1v) is 11.2. The molecular formula is C24H24Cl2N4O3.